The van der Waals surface area contributed by atoms with Gasteiger partial charge in [0.2, 0.25) is 0 Å². The number of hydrogen-bond acceptors (Lipinski definition) is 4. The van der Waals surface area contributed by atoms with Crippen molar-refractivity contribution in [3.8, 4) is 0 Å². The third-order valence-corrected chi connectivity index (χ3v) is 4.87. The molecule has 20 heavy (non-hydrogen) atoms. The molecule has 2 aliphatic rings. The Labute approximate surface area is 121 Å². The van der Waals surface area contributed by atoms with E-state index in [0.29, 0.717) is 19.3 Å². The van der Waals surface area contributed by atoms with Gasteiger partial charge in [0.15, 0.2) is 0 Å². The number of rotatable bonds is 5. The highest BCUT2D eigenvalue weighted by atomic mass is 16.5. The summed E-state index contributed by atoms with van der Waals surface area (Å²) in [6, 6.07) is 0.556. The molecule has 0 aliphatic carbocycles. The minimum Gasteiger partial charge on any atom is -0.481 e. The first kappa shape index (κ1) is 15.7. The Bertz CT molecular complexity index is 324. The fourth-order valence-corrected chi connectivity index (χ4v) is 3.66. The quantitative estimate of drug-likeness (QED) is 0.824. The highest BCUT2D eigenvalue weighted by molar-refractivity contribution is 5.71. The van der Waals surface area contributed by atoms with Crippen LogP contribution in [-0.4, -0.2) is 72.4 Å². The van der Waals surface area contributed by atoms with Crippen molar-refractivity contribution in [2.45, 2.75) is 45.2 Å². The van der Waals surface area contributed by atoms with Crippen molar-refractivity contribution in [3.63, 3.8) is 0 Å². The predicted octanol–water partition coefficient (Wildman–Crippen LogP) is 1.28. The first-order valence-corrected chi connectivity index (χ1v) is 7.96. The summed E-state index contributed by atoms with van der Waals surface area (Å²) in [7, 11) is 0. The molecule has 5 nitrogen and oxygen atoms in total. The van der Waals surface area contributed by atoms with Crippen molar-refractivity contribution in [1.29, 1.82) is 0 Å². The monoisotopic (exact) mass is 284 g/mol. The van der Waals surface area contributed by atoms with E-state index < -0.39 is 5.97 Å². The Balaban J connectivity index is 2.01. The smallest absolute Gasteiger partial charge is 0.310 e. The molecule has 0 aromatic carbocycles. The normalized spacial score (nSPS) is 32.5. The van der Waals surface area contributed by atoms with Gasteiger partial charge in [-0.2, -0.15) is 0 Å². The highest BCUT2D eigenvalue weighted by Crippen LogP contribution is 2.26. The van der Waals surface area contributed by atoms with Crippen LogP contribution in [0.4, 0.5) is 0 Å². The molecule has 0 aromatic heterocycles. The third kappa shape index (κ3) is 3.51. The molecular weight excluding hydrogens is 256 g/mol. The predicted molar refractivity (Wildman–Crippen MR) is 77.9 cm³/mol. The number of carboxylic acid groups (broad SMARTS) is 1. The van der Waals surface area contributed by atoms with Crippen molar-refractivity contribution in [2.75, 3.05) is 39.4 Å². The van der Waals surface area contributed by atoms with Gasteiger partial charge in [0.25, 0.3) is 0 Å². The lowest BCUT2D eigenvalue weighted by Crippen LogP contribution is -2.48. The summed E-state index contributed by atoms with van der Waals surface area (Å²) in [4.78, 5) is 16.3. The summed E-state index contributed by atoms with van der Waals surface area (Å²) < 4.78 is 5.45. The standard InChI is InChI=1S/C15H28N2O3/c1-3-16-8-5-6-12(7-9-16)17(4-2)14-11-20-10-13(14)15(18)19/h12-14H,3-11H2,1-2H3,(H,18,19). The van der Waals surface area contributed by atoms with E-state index in [1.54, 1.807) is 0 Å². The van der Waals surface area contributed by atoms with Gasteiger partial charge >= 0.3 is 5.97 Å². The van der Waals surface area contributed by atoms with Crippen LogP contribution < -0.4 is 0 Å². The number of carbonyl (C=O) groups is 1. The van der Waals surface area contributed by atoms with E-state index >= 15 is 0 Å². The van der Waals surface area contributed by atoms with E-state index in [2.05, 4.69) is 23.6 Å². The molecule has 5 heteroatoms. The highest BCUT2D eigenvalue weighted by Gasteiger charge is 2.40. The average molecular weight is 284 g/mol. The maximum Gasteiger partial charge on any atom is 0.310 e. The summed E-state index contributed by atoms with van der Waals surface area (Å²) in [6.45, 7) is 9.61. The number of carboxylic acids is 1. The zero-order valence-electron chi connectivity index (χ0n) is 12.8. The number of nitrogens with zero attached hydrogens (tertiary/aromatic N) is 2. The van der Waals surface area contributed by atoms with Gasteiger partial charge in [-0.1, -0.05) is 13.8 Å². The molecule has 116 valence electrons. The second-order valence-corrected chi connectivity index (χ2v) is 5.90. The van der Waals surface area contributed by atoms with Gasteiger partial charge in [0, 0.05) is 12.1 Å². The van der Waals surface area contributed by atoms with Gasteiger partial charge in [0.1, 0.15) is 0 Å². The molecule has 2 aliphatic heterocycles. The van der Waals surface area contributed by atoms with Crippen LogP contribution in [0.15, 0.2) is 0 Å². The summed E-state index contributed by atoms with van der Waals surface area (Å²) in [5.74, 6) is -1.07. The Morgan fingerprint density at radius 1 is 1.30 bits per heavy atom. The van der Waals surface area contributed by atoms with E-state index in [4.69, 9.17) is 4.74 Å². The van der Waals surface area contributed by atoms with Crippen LogP contribution in [0.2, 0.25) is 0 Å². The summed E-state index contributed by atoms with van der Waals surface area (Å²) in [5.41, 5.74) is 0. The molecule has 3 atom stereocenters. The molecule has 0 aromatic rings. The first-order valence-electron chi connectivity index (χ1n) is 7.96. The van der Waals surface area contributed by atoms with Crippen LogP contribution >= 0.6 is 0 Å². The first-order chi connectivity index (χ1) is 9.67. The largest absolute Gasteiger partial charge is 0.481 e. The van der Waals surface area contributed by atoms with Crippen molar-refractivity contribution < 1.29 is 14.6 Å². The van der Waals surface area contributed by atoms with Gasteiger partial charge in [-0.05, 0) is 45.4 Å². The van der Waals surface area contributed by atoms with Gasteiger partial charge in [-0.3, -0.25) is 9.69 Å². The van der Waals surface area contributed by atoms with Gasteiger partial charge < -0.3 is 14.7 Å². The van der Waals surface area contributed by atoms with E-state index in [0.717, 1.165) is 26.1 Å². The minimum absolute atomic E-state index is 0.0516. The molecule has 0 amide bonds. The Morgan fingerprint density at radius 2 is 2.10 bits per heavy atom. The second-order valence-electron chi connectivity index (χ2n) is 5.90. The van der Waals surface area contributed by atoms with Crippen LogP contribution in [0.5, 0.6) is 0 Å². The fourth-order valence-electron chi connectivity index (χ4n) is 3.66. The molecule has 0 saturated carbocycles. The van der Waals surface area contributed by atoms with Gasteiger partial charge in [-0.25, -0.2) is 0 Å². The minimum atomic E-state index is -0.713. The third-order valence-electron chi connectivity index (χ3n) is 4.87. The lowest BCUT2D eigenvalue weighted by molar-refractivity contribution is -0.143. The van der Waals surface area contributed by atoms with E-state index in [1.165, 1.54) is 19.4 Å². The molecule has 0 radical (unpaired) electrons. The SMILES string of the molecule is CCN1CCCC(N(CC)C2COCC2C(=O)O)CC1. The Kier molecular flexibility index (Phi) is 5.81. The van der Waals surface area contributed by atoms with Crippen LogP contribution in [0.3, 0.4) is 0 Å². The van der Waals surface area contributed by atoms with Crippen LogP contribution in [0, 0.1) is 5.92 Å². The zero-order chi connectivity index (χ0) is 14.5. The number of likely N-dealkylation sites (tertiary alicyclic amines) is 1. The zero-order valence-corrected chi connectivity index (χ0v) is 12.8. The Hall–Kier alpha value is -0.650. The molecule has 2 fully saturated rings. The molecule has 0 bridgehead atoms. The molecule has 2 rings (SSSR count). The molecule has 1 N–H and O–H groups in total. The average Bonchev–Trinajstić information content (AvgIpc) is 2.79. The molecule has 3 unspecified atom stereocenters. The van der Waals surface area contributed by atoms with Gasteiger partial charge in [0.05, 0.1) is 19.1 Å². The molecule has 0 spiro atoms. The van der Waals surface area contributed by atoms with E-state index in [-0.39, 0.29) is 12.0 Å². The van der Waals surface area contributed by atoms with E-state index in [9.17, 15) is 9.90 Å². The lowest BCUT2D eigenvalue weighted by atomic mass is 9.98. The molecular formula is C15H28N2O3. The summed E-state index contributed by atoms with van der Waals surface area (Å²) in [6.07, 6.45) is 3.53. The molecule has 2 saturated heterocycles. The summed E-state index contributed by atoms with van der Waals surface area (Å²) in [5, 5.41) is 9.35. The summed E-state index contributed by atoms with van der Waals surface area (Å²) >= 11 is 0. The topological polar surface area (TPSA) is 53.0 Å². The van der Waals surface area contributed by atoms with Crippen molar-refractivity contribution in [1.82, 2.24) is 9.80 Å². The number of ether oxygens (including phenoxy) is 1. The maximum atomic E-state index is 11.4. The fraction of sp³-hybridized carbons (Fsp3) is 0.933. The van der Waals surface area contributed by atoms with Gasteiger partial charge in [-0.15, -0.1) is 0 Å². The number of aliphatic carboxylic acids is 1. The maximum absolute atomic E-state index is 11.4. The van der Waals surface area contributed by atoms with Crippen LogP contribution in [0.25, 0.3) is 0 Å². The Morgan fingerprint density at radius 3 is 2.75 bits per heavy atom. The lowest BCUT2D eigenvalue weighted by Gasteiger charge is -2.36. The van der Waals surface area contributed by atoms with Crippen molar-refractivity contribution >= 4 is 5.97 Å². The van der Waals surface area contributed by atoms with Crippen molar-refractivity contribution in [2.24, 2.45) is 5.92 Å². The number of likely N-dealkylation sites (N-methyl/N-ethyl adjacent to an activating group) is 1. The van der Waals surface area contributed by atoms with Crippen molar-refractivity contribution in [3.05, 3.63) is 0 Å². The number of hydrogen-bond donors (Lipinski definition) is 1. The van der Waals surface area contributed by atoms with Crippen LogP contribution in [0.1, 0.15) is 33.1 Å². The second kappa shape index (κ2) is 7.38. The van der Waals surface area contributed by atoms with Crippen LogP contribution in [-0.2, 0) is 9.53 Å². The van der Waals surface area contributed by atoms with E-state index in [1.807, 2.05) is 0 Å². The molecule has 2 heterocycles.